The predicted octanol–water partition coefficient (Wildman–Crippen LogP) is 2.27. The number of ether oxygens (including phenoxy) is 2. The maximum absolute atomic E-state index is 12.9. The number of methoxy groups -OCH3 is 2. The van der Waals surface area contributed by atoms with Gasteiger partial charge in [0, 0.05) is 31.6 Å². The Hall–Kier alpha value is -1.80. The lowest BCUT2D eigenvalue weighted by Crippen LogP contribution is -2.43. The molecule has 1 aromatic carbocycles. The molecule has 8 heteroatoms. The molecule has 0 bridgehead atoms. The summed E-state index contributed by atoms with van der Waals surface area (Å²) in [5.41, 5.74) is 0. The summed E-state index contributed by atoms with van der Waals surface area (Å²) >= 11 is 0. The van der Waals surface area contributed by atoms with Crippen molar-refractivity contribution in [1.29, 1.82) is 0 Å². The first-order valence-electron chi connectivity index (χ1n) is 9.29. The molecule has 1 aliphatic rings. The second-order valence-corrected chi connectivity index (χ2v) is 9.11. The van der Waals surface area contributed by atoms with Crippen LogP contribution in [0.4, 0.5) is 0 Å². The summed E-state index contributed by atoms with van der Waals surface area (Å²) in [6.45, 7) is 5.56. The molecular formula is C19H30N2O5S. The van der Waals surface area contributed by atoms with E-state index in [2.05, 4.69) is 19.2 Å². The van der Waals surface area contributed by atoms with Crippen molar-refractivity contribution in [3.63, 3.8) is 0 Å². The maximum atomic E-state index is 12.9. The topological polar surface area (TPSA) is 84.9 Å². The van der Waals surface area contributed by atoms with Gasteiger partial charge in [0.15, 0.2) is 11.5 Å². The third-order valence-electron chi connectivity index (χ3n) is 4.84. The number of hydrogen-bond donors (Lipinski definition) is 1. The van der Waals surface area contributed by atoms with Gasteiger partial charge in [0.1, 0.15) is 0 Å². The van der Waals surface area contributed by atoms with Crippen LogP contribution < -0.4 is 14.8 Å². The van der Waals surface area contributed by atoms with Gasteiger partial charge in [-0.1, -0.05) is 13.8 Å². The van der Waals surface area contributed by atoms with Crippen molar-refractivity contribution in [2.75, 3.05) is 33.9 Å². The first kappa shape index (κ1) is 21.5. The summed E-state index contributed by atoms with van der Waals surface area (Å²) in [6.07, 6.45) is 2.00. The molecule has 1 N–H and O–H groups in total. The summed E-state index contributed by atoms with van der Waals surface area (Å²) in [5.74, 6) is 1.29. The first-order valence-corrected chi connectivity index (χ1v) is 10.7. The highest BCUT2D eigenvalue weighted by atomic mass is 32.2. The molecule has 0 spiro atoms. The number of sulfonamides is 1. The van der Waals surface area contributed by atoms with Gasteiger partial charge in [-0.15, -0.1) is 0 Å². The highest BCUT2D eigenvalue weighted by Gasteiger charge is 2.32. The van der Waals surface area contributed by atoms with E-state index in [0.29, 0.717) is 49.9 Å². The second-order valence-electron chi connectivity index (χ2n) is 7.17. The molecule has 27 heavy (non-hydrogen) atoms. The van der Waals surface area contributed by atoms with Gasteiger partial charge in [-0.05, 0) is 37.3 Å². The first-order chi connectivity index (χ1) is 12.8. The van der Waals surface area contributed by atoms with E-state index in [1.54, 1.807) is 6.07 Å². The standard InChI is InChI=1S/C19H30N2O5S/c1-14(2)7-10-20-19(22)15-8-11-21(12-9-15)27(23,24)16-5-6-17(25-3)18(13-16)26-4/h5-6,13-15H,7-12H2,1-4H3,(H,20,22). The minimum absolute atomic E-state index is 0.0267. The summed E-state index contributed by atoms with van der Waals surface area (Å²) in [5, 5.41) is 2.96. The van der Waals surface area contributed by atoms with E-state index in [4.69, 9.17) is 9.47 Å². The number of carbonyl (C=O) groups excluding carboxylic acids is 1. The SMILES string of the molecule is COc1ccc(S(=O)(=O)N2CCC(C(=O)NCCC(C)C)CC2)cc1OC. The fourth-order valence-electron chi connectivity index (χ4n) is 3.11. The second kappa shape index (κ2) is 9.41. The van der Waals surface area contributed by atoms with E-state index in [9.17, 15) is 13.2 Å². The number of piperidine rings is 1. The Labute approximate surface area is 162 Å². The molecule has 0 saturated carbocycles. The fourth-order valence-corrected chi connectivity index (χ4v) is 4.60. The van der Waals surface area contributed by atoms with E-state index in [1.165, 1.54) is 30.7 Å². The Balaban J connectivity index is 1.99. The number of hydrogen-bond acceptors (Lipinski definition) is 5. The zero-order valence-corrected chi connectivity index (χ0v) is 17.3. The van der Waals surface area contributed by atoms with Gasteiger partial charge in [0.2, 0.25) is 15.9 Å². The molecule has 0 unspecified atom stereocenters. The number of carbonyl (C=O) groups is 1. The van der Waals surface area contributed by atoms with E-state index >= 15 is 0 Å². The van der Waals surface area contributed by atoms with Crippen LogP contribution in [0.25, 0.3) is 0 Å². The monoisotopic (exact) mass is 398 g/mol. The normalized spacial score (nSPS) is 16.3. The lowest BCUT2D eigenvalue weighted by Gasteiger charge is -2.30. The van der Waals surface area contributed by atoms with E-state index in [0.717, 1.165) is 6.42 Å². The Morgan fingerprint density at radius 2 is 1.81 bits per heavy atom. The van der Waals surface area contributed by atoms with Crippen LogP contribution >= 0.6 is 0 Å². The van der Waals surface area contributed by atoms with Gasteiger partial charge in [0.05, 0.1) is 19.1 Å². The number of amides is 1. The molecule has 1 aliphatic heterocycles. The minimum atomic E-state index is -3.63. The highest BCUT2D eigenvalue weighted by Crippen LogP contribution is 2.31. The largest absolute Gasteiger partial charge is 0.493 e. The lowest BCUT2D eigenvalue weighted by atomic mass is 9.97. The zero-order chi connectivity index (χ0) is 20.0. The van der Waals surface area contributed by atoms with Crippen LogP contribution in [0, 0.1) is 11.8 Å². The van der Waals surface area contributed by atoms with Gasteiger partial charge in [-0.3, -0.25) is 4.79 Å². The zero-order valence-electron chi connectivity index (χ0n) is 16.5. The summed E-state index contributed by atoms with van der Waals surface area (Å²) in [7, 11) is -0.658. The van der Waals surface area contributed by atoms with Crippen LogP contribution in [0.3, 0.4) is 0 Å². The molecule has 1 aromatic rings. The molecule has 1 heterocycles. The Bertz CT molecular complexity index is 740. The Morgan fingerprint density at radius 1 is 1.19 bits per heavy atom. The van der Waals surface area contributed by atoms with Crippen molar-refractivity contribution in [2.24, 2.45) is 11.8 Å². The molecule has 0 aliphatic carbocycles. The van der Waals surface area contributed by atoms with Gasteiger partial charge < -0.3 is 14.8 Å². The van der Waals surface area contributed by atoms with Crippen LogP contribution in [0.1, 0.15) is 33.1 Å². The smallest absolute Gasteiger partial charge is 0.243 e. The summed E-state index contributed by atoms with van der Waals surface area (Å²) in [4.78, 5) is 12.4. The van der Waals surface area contributed by atoms with Gasteiger partial charge in [-0.2, -0.15) is 4.31 Å². The van der Waals surface area contributed by atoms with Crippen LogP contribution in [0.15, 0.2) is 23.1 Å². The molecule has 1 fully saturated rings. The molecule has 2 rings (SSSR count). The number of benzene rings is 1. The molecule has 1 amide bonds. The van der Waals surface area contributed by atoms with Crippen molar-refractivity contribution in [1.82, 2.24) is 9.62 Å². The van der Waals surface area contributed by atoms with Gasteiger partial charge >= 0.3 is 0 Å². The maximum Gasteiger partial charge on any atom is 0.243 e. The lowest BCUT2D eigenvalue weighted by molar-refractivity contribution is -0.126. The third-order valence-corrected chi connectivity index (χ3v) is 6.73. The van der Waals surface area contributed by atoms with Crippen molar-refractivity contribution in [3.05, 3.63) is 18.2 Å². The molecule has 0 atom stereocenters. The Kier molecular flexibility index (Phi) is 7.49. The molecule has 0 aromatic heterocycles. The predicted molar refractivity (Wildman–Crippen MR) is 103 cm³/mol. The minimum Gasteiger partial charge on any atom is -0.493 e. The summed E-state index contributed by atoms with van der Waals surface area (Å²) < 4.78 is 37.6. The quantitative estimate of drug-likeness (QED) is 0.726. The summed E-state index contributed by atoms with van der Waals surface area (Å²) in [6, 6.07) is 4.57. The van der Waals surface area contributed by atoms with Crippen LogP contribution in [0.5, 0.6) is 11.5 Å². The third kappa shape index (κ3) is 5.35. The van der Waals surface area contributed by atoms with Gasteiger partial charge in [0.25, 0.3) is 0 Å². The van der Waals surface area contributed by atoms with Crippen molar-refractivity contribution in [3.8, 4) is 11.5 Å². The Morgan fingerprint density at radius 3 is 2.37 bits per heavy atom. The van der Waals surface area contributed by atoms with Crippen LogP contribution in [-0.4, -0.2) is 52.5 Å². The van der Waals surface area contributed by atoms with Crippen LogP contribution in [0.2, 0.25) is 0 Å². The van der Waals surface area contributed by atoms with Crippen molar-refractivity contribution >= 4 is 15.9 Å². The average molecular weight is 399 g/mol. The molecule has 1 saturated heterocycles. The highest BCUT2D eigenvalue weighted by molar-refractivity contribution is 7.89. The number of nitrogens with zero attached hydrogens (tertiary/aromatic N) is 1. The molecule has 7 nitrogen and oxygen atoms in total. The number of rotatable bonds is 8. The van der Waals surface area contributed by atoms with Crippen LogP contribution in [-0.2, 0) is 14.8 Å². The molecular weight excluding hydrogens is 368 g/mol. The molecule has 152 valence electrons. The average Bonchev–Trinajstić information content (AvgIpc) is 2.67. The van der Waals surface area contributed by atoms with Crippen molar-refractivity contribution < 1.29 is 22.7 Å². The van der Waals surface area contributed by atoms with E-state index < -0.39 is 10.0 Å². The van der Waals surface area contributed by atoms with E-state index in [-0.39, 0.29) is 16.7 Å². The van der Waals surface area contributed by atoms with E-state index in [1.807, 2.05) is 0 Å². The molecule has 0 radical (unpaired) electrons. The fraction of sp³-hybridized carbons (Fsp3) is 0.632. The van der Waals surface area contributed by atoms with Crippen molar-refractivity contribution in [2.45, 2.75) is 38.0 Å². The van der Waals surface area contributed by atoms with Gasteiger partial charge in [-0.25, -0.2) is 8.42 Å². The number of nitrogens with one attached hydrogen (secondary N) is 1.